The van der Waals surface area contributed by atoms with Gasteiger partial charge in [0, 0.05) is 49.5 Å². The van der Waals surface area contributed by atoms with E-state index < -0.39 is 5.92 Å². The highest BCUT2D eigenvalue weighted by Crippen LogP contribution is 2.30. The van der Waals surface area contributed by atoms with Crippen molar-refractivity contribution in [1.29, 1.82) is 0 Å². The van der Waals surface area contributed by atoms with Crippen molar-refractivity contribution in [2.24, 2.45) is 5.92 Å². The third-order valence-electron chi connectivity index (χ3n) is 4.90. The summed E-state index contributed by atoms with van der Waals surface area (Å²) in [6.07, 6.45) is 0.142. The Bertz CT molecular complexity index is 1070. The van der Waals surface area contributed by atoms with Crippen LogP contribution in [-0.4, -0.2) is 37.6 Å². The average Bonchev–Trinajstić information content (AvgIpc) is 3.28. The number of methoxy groups -OCH3 is 2. The van der Waals surface area contributed by atoms with Gasteiger partial charge in [0.1, 0.15) is 17.0 Å². The zero-order valence-electron chi connectivity index (χ0n) is 16.4. The minimum atomic E-state index is -0.463. The Kier molecular flexibility index (Phi) is 4.84. The van der Waals surface area contributed by atoms with Crippen LogP contribution in [0.3, 0.4) is 0 Å². The number of amides is 2. The molecule has 29 heavy (non-hydrogen) atoms. The number of hydrogen-bond acceptors (Lipinski definition) is 6. The molecule has 2 heterocycles. The van der Waals surface area contributed by atoms with Gasteiger partial charge < -0.3 is 24.1 Å². The van der Waals surface area contributed by atoms with Crippen LogP contribution < -0.4 is 19.7 Å². The van der Waals surface area contributed by atoms with Gasteiger partial charge in [-0.2, -0.15) is 0 Å². The second-order valence-electron chi connectivity index (χ2n) is 6.88. The molecule has 1 atom stereocenters. The van der Waals surface area contributed by atoms with Crippen molar-refractivity contribution < 1.29 is 23.5 Å². The summed E-state index contributed by atoms with van der Waals surface area (Å²) >= 11 is 0. The van der Waals surface area contributed by atoms with E-state index in [0.717, 1.165) is 0 Å². The number of rotatable bonds is 5. The van der Waals surface area contributed by atoms with Gasteiger partial charge in [-0.25, -0.2) is 4.98 Å². The standard InChI is InChI=1S/C21H21N3O5/c1-12-22-18-9-15(4-5-19(18)29-12)24-11-13(6-20(24)25)21(26)23-14-7-16(27-2)10-17(8-14)28-3/h4-5,7-10,13H,6,11H2,1-3H3,(H,23,26)/t13-/m0/s1. The maximum Gasteiger partial charge on any atom is 0.229 e. The first-order valence-corrected chi connectivity index (χ1v) is 9.18. The molecular weight excluding hydrogens is 374 g/mol. The van der Waals surface area contributed by atoms with Crippen LogP contribution in [0.25, 0.3) is 11.1 Å². The summed E-state index contributed by atoms with van der Waals surface area (Å²) in [5.74, 6) is 0.910. The molecule has 1 saturated heterocycles. The lowest BCUT2D eigenvalue weighted by molar-refractivity contribution is -0.122. The number of nitrogens with one attached hydrogen (secondary N) is 1. The minimum absolute atomic E-state index is 0.104. The van der Waals surface area contributed by atoms with Gasteiger partial charge in [0.25, 0.3) is 0 Å². The predicted molar refractivity (Wildman–Crippen MR) is 107 cm³/mol. The zero-order valence-corrected chi connectivity index (χ0v) is 16.4. The lowest BCUT2D eigenvalue weighted by atomic mass is 10.1. The first-order chi connectivity index (χ1) is 14.0. The Balaban J connectivity index is 1.50. The molecular formula is C21H21N3O5. The number of carbonyl (C=O) groups excluding carboxylic acids is 2. The molecule has 8 nitrogen and oxygen atoms in total. The first kappa shape index (κ1) is 18.8. The highest BCUT2D eigenvalue weighted by molar-refractivity contribution is 6.04. The fourth-order valence-corrected chi connectivity index (χ4v) is 3.46. The van der Waals surface area contributed by atoms with Crippen molar-refractivity contribution in [1.82, 2.24) is 4.98 Å². The number of oxazole rings is 1. The topological polar surface area (TPSA) is 93.9 Å². The molecule has 1 N–H and O–H groups in total. The van der Waals surface area contributed by atoms with Crippen molar-refractivity contribution in [3.8, 4) is 11.5 Å². The molecule has 0 radical (unpaired) electrons. The van der Waals surface area contributed by atoms with Gasteiger partial charge in [-0.05, 0) is 18.2 Å². The second-order valence-corrected chi connectivity index (χ2v) is 6.88. The third-order valence-corrected chi connectivity index (χ3v) is 4.90. The van der Waals surface area contributed by atoms with Crippen LogP contribution in [0.4, 0.5) is 11.4 Å². The zero-order chi connectivity index (χ0) is 20.5. The molecule has 8 heteroatoms. The molecule has 0 aliphatic carbocycles. The molecule has 2 amide bonds. The van der Waals surface area contributed by atoms with Crippen LogP contribution in [0.15, 0.2) is 40.8 Å². The van der Waals surface area contributed by atoms with E-state index in [-0.39, 0.29) is 18.2 Å². The summed E-state index contributed by atoms with van der Waals surface area (Å²) in [6.45, 7) is 2.07. The SMILES string of the molecule is COc1cc(NC(=O)[C@H]2CC(=O)N(c3ccc4oc(C)nc4c3)C2)cc(OC)c1. The molecule has 1 aromatic heterocycles. The minimum Gasteiger partial charge on any atom is -0.497 e. The van der Waals surface area contributed by atoms with Gasteiger partial charge in [0.2, 0.25) is 11.8 Å². The van der Waals surface area contributed by atoms with E-state index in [1.165, 1.54) is 0 Å². The number of aromatic nitrogens is 1. The van der Waals surface area contributed by atoms with Crippen molar-refractivity contribution in [3.05, 3.63) is 42.3 Å². The van der Waals surface area contributed by atoms with E-state index in [0.29, 0.717) is 46.4 Å². The number of anilines is 2. The van der Waals surface area contributed by atoms with Gasteiger partial charge in [-0.1, -0.05) is 0 Å². The quantitative estimate of drug-likeness (QED) is 0.713. The van der Waals surface area contributed by atoms with Crippen LogP contribution in [0.5, 0.6) is 11.5 Å². The monoisotopic (exact) mass is 395 g/mol. The molecule has 150 valence electrons. The molecule has 1 fully saturated rings. The van der Waals surface area contributed by atoms with Crippen LogP contribution in [-0.2, 0) is 9.59 Å². The summed E-state index contributed by atoms with van der Waals surface area (Å²) < 4.78 is 15.9. The van der Waals surface area contributed by atoms with E-state index >= 15 is 0 Å². The van der Waals surface area contributed by atoms with Crippen LogP contribution >= 0.6 is 0 Å². The molecule has 4 rings (SSSR count). The summed E-state index contributed by atoms with van der Waals surface area (Å²) in [7, 11) is 3.09. The van der Waals surface area contributed by atoms with Crippen molar-refractivity contribution in [2.75, 3.05) is 31.0 Å². The number of fused-ring (bicyclic) bond motifs is 1. The normalized spacial score (nSPS) is 16.3. The lowest BCUT2D eigenvalue weighted by Crippen LogP contribution is -2.28. The Morgan fingerprint density at radius 2 is 1.90 bits per heavy atom. The lowest BCUT2D eigenvalue weighted by Gasteiger charge is -2.17. The van der Waals surface area contributed by atoms with E-state index in [1.54, 1.807) is 62.4 Å². The van der Waals surface area contributed by atoms with Crippen molar-refractivity contribution in [2.45, 2.75) is 13.3 Å². The highest BCUT2D eigenvalue weighted by Gasteiger charge is 2.35. The number of ether oxygens (including phenoxy) is 2. The number of hydrogen-bond donors (Lipinski definition) is 1. The van der Waals surface area contributed by atoms with E-state index in [9.17, 15) is 9.59 Å². The van der Waals surface area contributed by atoms with Crippen LogP contribution in [0, 0.1) is 12.8 Å². The summed E-state index contributed by atoms with van der Waals surface area (Å²) in [5, 5.41) is 2.85. The highest BCUT2D eigenvalue weighted by atomic mass is 16.5. The predicted octanol–water partition coefficient (Wildman–Crippen LogP) is 3.15. The molecule has 1 aliphatic rings. The maximum atomic E-state index is 12.8. The molecule has 0 spiro atoms. The molecule has 0 saturated carbocycles. The molecule has 1 aliphatic heterocycles. The Labute approximate surface area is 167 Å². The summed E-state index contributed by atoms with van der Waals surface area (Å²) in [6, 6.07) is 10.5. The van der Waals surface area contributed by atoms with Crippen molar-refractivity contribution in [3.63, 3.8) is 0 Å². The first-order valence-electron chi connectivity index (χ1n) is 9.18. The fourth-order valence-electron chi connectivity index (χ4n) is 3.46. The third kappa shape index (κ3) is 3.73. The second kappa shape index (κ2) is 7.46. The van der Waals surface area contributed by atoms with Crippen molar-refractivity contribution >= 4 is 34.3 Å². The Morgan fingerprint density at radius 3 is 2.59 bits per heavy atom. The Hall–Kier alpha value is -3.55. The maximum absolute atomic E-state index is 12.8. The van der Waals surface area contributed by atoms with Crippen LogP contribution in [0.1, 0.15) is 12.3 Å². The molecule has 0 bridgehead atoms. The largest absolute Gasteiger partial charge is 0.497 e. The smallest absolute Gasteiger partial charge is 0.229 e. The van der Waals surface area contributed by atoms with E-state index in [4.69, 9.17) is 13.9 Å². The number of nitrogens with zero attached hydrogens (tertiary/aromatic N) is 2. The van der Waals surface area contributed by atoms with Crippen LogP contribution in [0.2, 0.25) is 0 Å². The summed E-state index contributed by atoms with van der Waals surface area (Å²) in [5.41, 5.74) is 2.61. The van der Waals surface area contributed by atoms with Gasteiger partial charge >= 0.3 is 0 Å². The molecule has 3 aromatic rings. The van der Waals surface area contributed by atoms with Gasteiger partial charge in [0.15, 0.2) is 11.5 Å². The Morgan fingerprint density at radius 1 is 1.17 bits per heavy atom. The average molecular weight is 395 g/mol. The summed E-state index contributed by atoms with van der Waals surface area (Å²) in [4.78, 5) is 31.2. The molecule has 2 aromatic carbocycles. The van der Waals surface area contributed by atoms with Gasteiger partial charge in [-0.15, -0.1) is 0 Å². The number of aryl methyl sites for hydroxylation is 1. The van der Waals surface area contributed by atoms with Gasteiger partial charge in [0.05, 0.1) is 20.1 Å². The fraction of sp³-hybridized carbons (Fsp3) is 0.286. The number of carbonyl (C=O) groups is 2. The van der Waals surface area contributed by atoms with E-state index in [1.807, 2.05) is 0 Å². The number of benzene rings is 2. The van der Waals surface area contributed by atoms with Gasteiger partial charge in [-0.3, -0.25) is 9.59 Å². The van der Waals surface area contributed by atoms with E-state index in [2.05, 4.69) is 10.3 Å². The molecule has 0 unspecified atom stereocenters.